The van der Waals surface area contributed by atoms with Crippen molar-refractivity contribution in [2.45, 2.75) is 45.8 Å². The van der Waals surface area contributed by atoms with Crippen LogP contribution in [0.5, 0.6) is 5.75 Å². The summed E-state index contributed by atoms with van der Waals surface area (Å²) in [6.45, 7) is 7.53. The predicted octanol–water partition coefficient (Wildman–Crippen LogP) is 4.05. The largest absolute Gasteiger partial charge is 0.484 e. The molecular weight excluding hydrogens is 376 g/mol. The van der Waals surface area contributed by atoms with Crippen molar-refractivity contribution in [3.05, 3.63) is 65.2 Å². The maximum absolute atomic E-state index is 12.9. The van der Waals surface area contributed by atoms with Crippen LogP contribution >= 0.6 is 11.6 Å². The van der Waals surface area contributed by atoms with E-state index in [2.05, 4.69) is 5.32 Å². The zero-order valence-electron chi connectivity index (χ0n) is 16.7. The van der Waals surface area contributed by atoms with Gasteiger partial charge in [0.15, 0.2) is 6.61 Å². The number of halogens is 1. The number of rotatable bonds is 7. The van der Waals surface area contributed by atoms with Crippen LogP contribution in [0.1, 0.15) is 33.3 Å². The van der Waals surface area contributed by atoms with Gasteiger partial charge < -0.3 is 15.0 Å². The van der Waals surface area contributed by atoms with Gasteiger partial charge in [0.25, 0.3) is 5.91 Å². The van der Waals surface area contributed by atoms with Crippen molar-refractivity contribution >= 4 is 23.4 Å². The Morgan fingerprint density at radius 2 is 1.79 bits per heavy atom. The molecule has 6 heteroatoms. The first kappa shape index (κ1) is 21.8. The maximum Gasteiger partial charge on any atom is 0.261 e. The molecule has 0 saturated carbocycles. The van der Waals surface area contributed by atoms with Gasteiger partial charge in [0.2, 0.25) is 5.91 Å². The Hall–Kier alpha value is -2.53. The lowest BCUT2D eigenvalue weighted by Gasteiger charge is -2.31. The zero-order valence-corrected chi connectivity index (χ0v) is 17.5. The molecule has 5 nitrogen and oxygen atoms in total. The smallest absolute Gasteiger partial charge is 0.261 e. The third kappa shape index (κ3) is 6.89. The fourth-order valence-corrected chi connectivity index (χ4v) is 2.85. The normalized spacial score (nSPS) is 12.2. The van der Waals surface area contributed by atoms with Crippen molar-refractivity contribution in [3.63, 3.8) is 0 Å². The summed E-state index contributed by atoms with van der Waals surface area (Å²) in [5, 5.41) is 3.51. The first-order valence-electron chi connectivity index (χ1n) is 9.19. The van der Waals surface area contributed by atoms with E-state index in [1.807, 2.05) is 51.1 Å². The molecule has 1 atom stereocenters. The van der Waals surface area contributed by atoms with Crippen LogP contribution in [0.4, 0.5) is 0 Å². The van der Waals surface area contributed by atoms with Gasteiger partial charge in [-0.3, -0.25) is 9.59 Å². The lowest BCUT2D eigenvalue weighted by Crippen LogP contribution is -2.53. The van der Waals surface area contributed by atoms with Crippen LogP contribution in [-0.2, 0) is 16.1 Å². The number of ether oxygens (including phenoxy) is 1. The van der Waals surface area contributed by atoms with E-state index in [4.69, 9.17) is 16.3 Å². The summed E-state index contributed by atoms with van der Waals surface area (Å²) in [5.41, 5.74) is 0.451. The predicted molar refractivity (Wildman–Crippen MR) is 111 cm³/mol. The molecule has 1 N–H and O–H groups in total. The highest BCUT2D eigenvalue weighted by molar-refractivity contribution is 6.30. The van der Waals surface area contributed by atoms with Gasteiger partial charge in [-0.2, -0.15) is 0 Å². The van der Waals surface area contributed by atoms with Crippen LogP contribution < -0.4 is 10.1 Å². The highest BCUT2D eigenvalue weighted by Gasteiger charge is 2.28. The molecule has 0 aromatic heterocycles. The van der Waals surface area contributed by atoms with Gasteiger partial charge in [0.05, 0.1) is 0 Å². The molecule has 0 saturated heterocycles. The fraction of sp³-hybridized carbons (Fsp3) is 0.364. The summed E-state index contributed by atoms with van der Waals surface area (Å²) < 4.78 is 5.59. The van der Waals surface area contributed by atoms with Crippen LogP contribution in [0.15, 0.2) is 54.6 Å². The molecule has 28 heavy (non-hydrogen) atoms. The Labute approximate surface area is 171 Å². The second kappa shape index (κ2) is 9.60. The van der Waals surface area contributed by atoms with Gasteiger partial charge in [-0.1, -0.05) is 41.9 Å². The highest BCUT2D eigenvalue weighted by atomic mass is 35.5. The molecule has 2 rings (SSSR count). The van der Waals surface area contributed by atoms with Crippen molar-refractivity contribution in [1.82, 2.24) is 10.2 Å². The van der Waals surface area contributed by atoms with E-state index >= 15 is 0 Å². The van der Waals surface area contributed by atoms with Gasteiger partial charge in [0.1, 0.15) is 11.8 Å². The molecule has 1 unspecified atom stereocenters. The zero-order chi connectivity index (χ0) is 20.7. The average Bonchev–Trinajstić information content (AvgIpc) is 2.63. The van der Waals surface area contributed by atoms with E-state index in [9.17, 15) is 9.59 Å². The van der Waals surface area contributed by atoms with Crippen LogP contribution in [0.25, 0.3) is 0 Å². The summed E-state index contributed by atoms with van der Waals surface area (Å²) in [4.78, 5) is 27.1. The van der Waals surface area contributed by atoms with Crippen molar-refractivity contribution in [1.29, 1.82) is 0 Å². The van der Waals surface area contributed by atoms with Gasteiger partial charge >= 0.3 is 0 Å². The van der Waals surface area contributed by atoms with Gasteiger partial charge in [0, 0.05) is 17.1 Å². The molecule has 2 aromatic carbocycles. The molecule has 2 aromatic rings. The average molecular weight is 403 g/mol. The first-order valence-corrected chi connectivity index (χ1v) is 9.57. The molecule has 0 aliphatic carbocycles. The summed E-state index contributed by atoms with van der Waals surface area (Å²) in [6, 6.07) is 15.7. The molecule has 0 radical (unpaired) electrons. The maximum atomic E-state index is 12.9. The van der Waals surface area contributed by atoms with Crippen molar-refractivity contribution in [2.24, 2.45) is 0 Å². The molecule has 0 bridgehead atoms. The second-order valence-corrected chi connectivity index (χ2v) is 8.10. The standard InChI is InChI=1S/C22H27ClN2O3/c1-16(21(27)24-22(2,3)4)25(14-17-9-8-10-18(23)13-17)20(26)15-28-19-11-6-5-7-12-19/h5-13,16H,14-15H2,1-4H3,(H,24,27). The number of hydrogen-bond donors (Lipinski definition) is 1. The Balaban J connectivity index is 2.16. The molecule has 0 spiro atoms. The minimum absolute atomic E-state index is 0.155. The Morgan fingerprint density at radius 1 is 1.11 bits per heavy atom. The topological polar surface area (TPSA) is 58.6 Å². The summed E-state index contributed by atoms with van der Waals surface area (Å²) in [5.74, 6) is 0.105. The molecule has 2 amide bonds. The molecular formula is C22H27ClN2O3. The molecule has 150 valence electrons. The number of nitrogens with zero attached hydrogens (tertiary/aromatic N) is 1. The summed E-state index contributed by atoms with van der Waals surface area (Å²) >= 11 is 6.07. The minimum atomic E-state index is -0.662. The molecule has 0 heterocycles. The lowest BCUT2D eigenvalue weighted by atomic mass is 10.1. The van der Waals surface area contributed by atoms with E-state index in [0.29, 0.717) is 10.8 Å². The Kier molecular flexibility index (Phi) is 7.46. The van der Waals surface area contributed by atoms with Crippen LogP contribution in [0, 0.1) is 0 Å². The monoisotopic (exact) mass is 402 g/mol. The molecule has 0 aliphatic heterocycles. The number of amides is 2. The Bertz CT molecular complexity index is 803. The van der Waals surface area contributed by atoms with Crippen molar-refractivity contribution < 1.29 is 14.3 Å². The van der Waals surface area contributed by atoms with Crippen molar-refractivity contribution in [2.75, 3.05) is 6.61 Å². The summed E-state index contributed by atoms with van der Waals surface area (Å²) in [6.07, 6.45) is 0. The quantitative estimate of drug-likeness (QED) is 0.760. The highest BCUT2D eigenvalue weighted by Crippen LogP contribution is 2.16. The third-order valence-electron chi connectivity index (χ3n) is 4.01. The van der Waals surface area contributed by atoms with E-state index in [-0.39, 0.29) is 25.0 Å². The molecule has 0 fully saturated rings. The van der Waals surface area contributed by atoms with E-state index in [1.165, 1.54) is 4.90 Å². The number of benzene rings is 2. The van der Waals surface area contributed by atoms with E-state index in [1.54, 1.807) is 31.2 Å². The van der Waals surface area contributed by atoms with E-state index in [0.717, 1.165) is 5.56 Å². The number of carbonyl (C=O) groups is 2. The number of hydrogen-bond acceptors (Lipinski definition) is 3. The third-order valence-corrected chi connectivity index (χ3v) is 4.25. The number of nitrogens with one attached hydrogen (secondary N) is 1. The van der Waals surface area contributed by atoms with Crippen LogP contribution in [0.2, 0.25) is 5.02 Å². The van der Waals surface area contributed by atoms with Crippen LogP contribution in [0.3, 0.4) is 0 Å². The SMILES string of the molecule is CC(C(=O)NC(C)(C)C)N(Cc1cccc(Cl)c1)C(=O)COc1ccccc1. The van der Waals surface area contributed by atoms with Gasteiger partial charge in [-0.05, 0) is 57.5 Å². The van der Waals surface area contributed by atoms with Crippen LogP contribution in [-0.4, -0.2) is 34.9 Å². The van der Waals surface area contributed by atoms with Gasteiger partial charge in [-0.15, -0.1) is 0 Å². The molecule has 0 aliphatic rings. The fourth-order valence-electron chi connectivity index (χ4n) is 2.63. The van der Waals surface area contributed by atoms with Gasteiger partial charge in [-0.25, -0.2) is 0 Å². The minimum Gasteiger partial charge on any atom is -0.484 e. The van der Waals surface area contributed by atoms with E-state index < -0.39 is 11.6 Å². The summed E-state index contributed by atoms with van der Waals surface area (Å²) in [7, 11) is 0. The number of para-hydroxylation sites is 1. The Morgan fingerprint density at radius 3 is 2.39 bits per heavy atom. The first-order chi connectivity index (χ1) is 13.2. The number of carbonyl (C=O) groups excluding carboxylic acids is 2. The second-order valence-electron chi connectivity index (χ2n) is 7.67. The van der Waals surface area contributed by atoms with Crippen molar-refractivity contribution in [3.8, 4) is 5.75 Å². The lowest BCUT2D eigenvalue weighted by molar-refractivity contribution is -0.142.